The molecule has 1 atom stereocenters. The van der Waals surface area contributed by atoms with E-state index in [0.29, 0.717) is 26.3 Å². The number of benzene rings is 1. The number of ether oxygens (including phenoxy) is 1. The van der Waals surface area contributed by atoms with E-state index < -0.39 is 18.0 Å². The van der Waals surface area contributed by atoms with Gasteiger partial charge in [0.05, 0.1) is 25.2 Å². The number of aliphatic carboxylic acids is 1. The molecule has 2 rings (SSSR count). The van der Waals surface area contributed by atoms with Gasteiger partial charge in [0.1, 0.15) is 0 Å². The molecule has 108 valence electrons. The summed E-state index contributed by atoms with van der Waals surface area (Å²) in [6.07, 6.45) is 0.208. The van der Waals surface area contributed by atoms with Crippen LogP contribution < -0.4 is 10.4 Å². The summed E-state index contributed by atoms with van der Waals surface area (Å²) in [6, 6.07) is 7.71. The average molecular weight is 277 g/mol. The first-order valence-corrected chi connectivity index (χ1v) is 6.55. The highest BCUT2D eigenvalue weighted by molar-refractivity contribution is 5.81. The van der Waals surface area contributed by atoms with Crippen LogP contribution >= 0.6 is 0 Å². The van der Waals surface area contributed by atoms with Crippen molar-refractivity contribution in [3.63, 3.8) is 0 Å². The van der Waals surface area contributed by atoms with Gasteiger partial charge >= 0.3 is 6.03 Å². The van der Waals surface area contributed by atoms with Gasteiger partial charge < -0.3 is 24.9 Å². The van der Waals surface area contributed by atoms with Crippen LogP contribution in [0.5, 0.6) is 0 Å². The Morgan fingerprint density at radius 2 is 1.90 bits per heavy atom. The molecule has 0 spiro atoms. The second-order valence-corrected chi connectivity index (χ2v) is 4.61. The molecule has 0 radical (unpaired) electrons. The summed E-state index contributed by atoms with van der Waals surface area (Å²) in [5, 5.41) is 13.7. The van der Waals surface area contributed by atoms with E-state index in [1.807, 2.05) is 30.3 Å². The maximum absolute atomic E-state index is 12.0. The summed E-state index contributed by atoms with van der Waals surface area (Å²) in [6.45, 7) is 1.89. The molecule has 1 N–H and O–H groups in total. The lowest BCUT2D eigenvalue weighted by Crippen LogP contribution is -2.54. The predicted molar refractivity (Wildman–Crippen MR) is 69.9 cm³/mol. The Labute approximate surface area is 117 Å². The first kappa shape index (κ1) is 14.3. The second kappa shape index (κ2) is 6.91. The molecular weight excluding hydrogens is 260 g/mol. The maximum Gasteiger partial charge on any atom is 0.318 e. The summed E-state index contributed by atoms with van der Waals surface area (Å²) in [5.74, 6) is -1.28. The average Bonchev–Trinajstić information content (AvgIpc) is 2.48. The van der Waals surface area contributed by atoms with Gasteiger partial charge in [0.15, 0.2) is 0 Å². The molecule has 2 amide bonds. The van der Waals surface area contributed by atoms with Crippen LogP contribution in [0.1, 0.15) is 5.56 Å². The Morgan fingerprint density at radius 3 is 2.50 bits per heavy atom. The van der Waals surface area contributed by atoms with Gasteiger partial charge in [-0.15, -0.1) is 0 Å². The molecule has 0 aromatic heterocycles. The Kier molecular flexibility index (Phi) is 4.95. The van der Waals surface area contributed by atoms with Crippen molar-refractivity contribution in [1.82, 2.24) is 10.2 Å². The molecule has 20 heavy (non-hydrogen) atoms. The van der Waals surface area contributed by atoms with Crippen molar-refractivity contribution in [2.75, 3.05) is 26.3 Å². The van der Waals surface area contributed by atoms with Crippen LogP contribution in [0.15, 0.2) is 30.3 Å². The first-order valence-electron chi connectivity index (χ1n) is 6.55. The van der Waals surface area contributed by atoms with Crippen LogP contribution in [0, 0.1) is 0 Å². The molecule has 1 heterocycles. The molecule has 0 bridgehead atoms. The van der Waals surface area contributed by atoms with Crippen LogP contribution in [0.25, 0.3) is 0 Å². The van der Waals surface area contributed by atoms with Gasteiger partial charge in [0.2, 0.25) is 0 Å². The van der Waals surface area contributed by atoms with E-state index >= 15 is 0 Å². The Morgan fingerprint density at radius 1 is 1.25 bits per heavy atom. The number of hydrogen-bond donors (Lipinski definition) is 1. The third kappa shape index (κ3) is 3.96. The van der Waals surface area contributed by atoms with Gasteiger partial charge in [-0.25, -0.2) is 4.79 Å². The predicted octanol–water partition coefficient (Wildman–Crippen LogP) is -0.611. The molecule has 0 unspecified atom stereocenters. The summed E-state index contributed by atoms with van der Waals surface area (Å²) >= 11 is 0. The summed E-state index contributed by atoms with van der Waals surface area (Å²) < 4.78 is 5.15. The number of carbonyl (C=O) groups excluding carboxylic acids is 2. The number of urea groups is 1. The highest BCUT2D eigenvalue weighted by atomic mass is 16.5. The lowest BCUT2D eigenvalue weighted by atomic mass is 10.1. The van der Waals surface area contributed by atoms with Crippen molar-refractivity contribution in [2.45, 2.75) is 12.5 Å². The van der Waals surface area contributed by atoms with Crippen molar-refractivity contribution >= 4 is 12.0 Å². The fraction of sp³-hybridized carbons (Fsp3) is 0.429. The summed E-state index contributed by atoms with van der Waals surface area (Å²) in [5.41, 5.74) is 0.837. The number of hydrogen-bond acceptors (Lipinski definition) is 4. The summed E-state index contributed by atoms with van der Waals surface area (Å²) in [4.78, 5) is 24.7. The van der Waals surface area contributed by atoms with Crippen molar-refractivity contribution in [3.8, 4) is 0 Å². The molecule has 1 aliphatic rings. The van der Waals surface area contributed by atoms with Gasteiger partial charge in [-0.05, 0) is 12.0 Å². The normalized spacial score (nSPS) is 16.5. The molecule has 1 fully saturated rings. The van der Waals surface area contributed by atoms with Gasteiger partial charge in [-0.1, -0.05) is 30.3 Å². The number of nitrogens with one attached hydrogen (secondary N) is 1. The number of nitrogens with zero attached hydrogens (tertiary/aromatic N) is 1. The van der Waals surface area contributed by atoms with Gasteiger partial charge in [-0.2, -0.15) is 0 Å². The van der Waals surface area contributed by atoms with Crippen LogP contribution in [0.4, 0.5) is 4.79 Å². The van der Waals surface area contributed by atoms with Gasteiger partial charge in [0, 0.05) is 13.1 Å². The molecular formula is C14H17N2O4-. The van der Waals surface area contributed by atoms with Crippen LogP contribution in [0.3, 0.4) is 0 Å². The maximum atomic E-state index is 12.0. The highest BCUT2D eigenvalue weighted by Gasteiger charge is 2.20. The second-order valence-electron chi connectivity index (χ2n) is 4.61. The Bertz CT molecular complexity index is 458. The first-order chi connectivity index (χ1) is 9.66. The van der Waals surface area contributed by atoms with E-state index in [2.05, 4.69) is 5.32 Å². The minimum Gasteiger partial charge on any atom is -0.548 e. The fourth-order valence-corrected chi connectivity index (χ4v) is 2.05. The lowest BCUT2D eigenvalue weighted by Gasteiger charge is -2.29. The highest BCUT2D eigenvalue weighted by Crippen LogP contribution is 2.04. The standard InChI is InChI=1S/C14H18N2O4/c17-13(18)12(10-11-4-2-1-3-5-11)15-14(19)16-6-8-20-9-7-16/h1-5,12H,6-10H2,(H,15,19)(H,17,18)/p-1/t12-/m0/s1. The third-order valence-electron chi connectivity index (χ3n) is 3.16. The monoisotopic (exact) mass is 277 g/mol. The van der Waals surface area contributed by atoms with E-state index in [0.717, 1.165) is 5.56 Å². The molecule has 6 heteroatoms. The van der Waals surface area contributed by atoms with Crippen molar-refractivity contribution < 1.29 is 19.4 Å². The zero-order valence-electron chi connectivity index (χ0n) is 11.1. The van der Waals surface area contributed by atoms with Crippen LogP contribution in [-0.2, 0) is 16.0 Å². The van der Waals surface area contributed by atoms with Crippen LogP contribution in [0.2, 0.25) is 0 Å². The number of morpholine rings is 1. The Hall–Kier alpha value is -2.08. The fourth-order valence-electron chi connectivity index (χ4n) is 2.05. The summed E-state index contributed by atoms with van der Waals surface area (Å²) in [7, 11) is 0. The van der Waals surface area contributed by atoms with Gasteiger partial charge in [0.25, 0.3) is 0 Å². The number of carbonyl (C=O) groups is 2. The van der Waals surface area contributed by atoms with E-state index in [1.54, 1.807) is 4.90 Å². The number of carboxylic acid groups (broad SMARTS) is 1. The molecule has 1 aromatic carbocycles. The third-order valence-corrected chi connectivity index (χ3v) is 3.16. The quantitative estimate of drug-likeness (QED) is 0.796. The van der Waals surface area contributed by atoms with E-state index in [1.165, 1.54) is 0 Å². The largest absolute Gasteiger partial charge is 0.548 e. The molecule has 0 saturated carbocycles. The smallest absolute Gasteiger partial charge is 0.318 e. The number of amides is 2. The number of carboxylic acids is 1. The topological polar surface area (TPSA) is 81.7 Å². The van der Waals surface area contributed by atoms with Crippen LogP contribution in [-0.4, -0.2) is 49.2 Å². The minimum atomic E-state index is -1.28. The molecule has 1 aromatic rings. The van der Waals surface area contributed by atoms with E-state index in [-0.39, 0.29) is 6.42 Å². The van der Waals surface area contributed by atoms with Gasteiger partial charge in [-0.3, -0.25) is 0 Å². The Balaban J connectivity index is 1.95. The zero-order valence-corrected chi connectivity index (χ0v) is 11.1. The van der Waals surface area contributed by atoms with E-state index in [9.17, 15) is 14.7 Å². The van der Waals surface area contributed by atoms with Crippen molar-refractivity contribution in [3.05, 3.63) is 35.9 Å². The van der Waals surface area contributed by atoms with E-state index in [4.69, 9.17) is 4.74 Å². The van der Waals surface area contributed by atoms with Crippen molar-refractivity contribution in [1.29, 1.82) is 0 Å². The zero-order chi connectivity index (χ0) is 14.4. The SMILES string of the molecule is O=C([O-])[C@H](Cc1ccccc1)NC(=O)N1CCOCC1. The number of rotatable bonds is 4. The molecule has 1 saturated heterocycles. The van der Waals surface area contributed by atoms with Crippen molar-refractivity contribution in [2.24, 2.45) is 0 Å². The molecule has 6 nitrogen and oxygen atoms in total. The molecule has 1 aliphatic heterocycles. The lowest BCUT2D eigenvalue weighted by molar-refractivity contribution is -0.308. The minimum absolute atomic E-state index is 0.208. The molecule has 0 aliphatic carbocycles.